The van der Waals surface area contributed by atoms with Crippen molar-refractivity contribution in [3.63, 3.8) is 0 Å². The number of fused-ring (bicyclic) bond motifs is 9. The van der Waals surface area contributed by atoms with Crippen molar-refractivity contribution in [1.82, 2.24) is 0 Å². The second-order valence-electron chi connectivity index (χ2n) is 22.2. The van der Waals surface area contributed by atoms with Gasteiger partial charge in [0.25, 0.3) is 0 Å². The topological polar surface area (TPSA) is 3.24 Å². The molecule has 0 spiro atoms. The number of benzene rings is 13. The Balaban J connectivity index is 0.903. The van der Waals surface area contributed by atoms with Crippen LogP contribution in [0.5, 0.6) is 0 Å². The van der Waals surface area contributed by atoms with E-state index in [4.69, 9.17) is 0 Å². The Morgan fingerprint density at radius 2 is 0.598 bits per heavy atom. The Hall–Kier alpha value is -10.1. The fourth-order valence-electron chi connectivity index (χ4n) is 15.1. The highest BCUT2D eigenvalue weighted by molar-refractivity contribution is 7.22. The van der Waals surface area contributed by atoms with Crippen molar-refractivity contribution >= 4 is 45.9 Å². The molecule has 0 aromatic heterocycles. The number of nitrogens with zero attached hydrogens (tertiary/aromatic N) is 1. The third kappa shape index (κ3) is 6.86. The van der Waals surface area contributed by atoms with Crippen LogP contribution in [0.4, 0.5) is 17.1 Å². The molecule has 0 saturated carbocycles. The van der Waals surface area contributed by atoms with Crippen LogP contribution in [0.2, 0.25) is 0 Å². The number of rotatable bonds is 10. The summed E-state index contributed by atoms with van der Waals surface area (Å²) in [5, 5.41) is 5.60. The van der Waals surface area contributed by atoms with Crippen LogP contribution < -0.4 is 25.6 Å². The summed E-state index contributed by atoms with van der Waals surface area (Å²) < 4.78 is 0. The van der Waals surface area contributed by atoms with Crippen molar-refractivity contribution in [1.29, 1.82) is 0 Å². The van der Waals surface area contributed by atoms with Gasteiger partial charge in [-0.05, 0) is 152 Å². The number of hydrogen-bond donors (Lipinski definition) is 0. The molecule has 82 heavy (non-hydrogen) atoms. The molecular weight excluding hydrogens is 1000 g/mol. The molecular formula is C80H55NSi. The quantitative estimate of drug-likeness (QED) is 0.123. The van der Waals surface area contributed by atoms with Crippen LogP contribution in [0.1, 0.15) is 44.5 Å². The van der Waals surface area contributed by atoms with Crippen LogP contribution >= 0.6 is 0 Å². The van der Waals surface area contributed by atoms with E-state index in [1.54, 1.807) is 0 Å². The highest BCUT2D eigenvalue weighted by Crippen LogP contribution is 2.58. The summed E-state index contributed by atoms with van der Waals surface area (Å²) in [5.41, 5.74) is 22.6. The highest BCUT2D eigenvalue weighted by Gasteiger charge is 2.50. The molecule has 2 heteroatoms. The van der Waals surface area contributed by atoms with Crippen LogP contribution in [-0.4, -0.2) is 8.07 Å². The molecule has 0 fully saturated rings. The van der Waals surface area contributed by atoms with E-state index in [9.17, 15) is 0 Å². The first-order chi connectivity index (χ1) is 40.7. The lowest BCUT2D eigenvalue weighted by Gasteiger charge is -2.35. The van der Waals surface area contributed by atoms with Gasteiger partial charge in [0.2, 0.25) is 0 Å². The molecule has 13 aromatic rings. The second-order valence-corrected chi connectivity index (χ2v) is 25.9. The summed E-state index contributed by atoms with van der Waals surface area (Å²) in [4.78, 5) is 2.51. The first kappa shape index (κ1) is 47.8. The van der Waals surface area contributed by atoms with Gasteiger partial charge in [-0.25, -0.2) is 0 Å². The molecule has 0 N–H and O–H groups in total. The largest absolute Gasteiger partial charge is 0.310 e. The Morgan fingerprint density at radius 1 is 0.220 bits per heavy atom. The minimum absolute atomic E-state index is 0.491. The van der Waals surface area contributed by atoms with E-state index < -0.39 is 18.9 Å². The van der Waals surface area contributed by atoms with Crippen molar-refractivity contribution in [2.24, 2.45) is 0 Å². The molecule has 0 amide bonds. The standard InChI is InChI=1S/C80H55NSi/c1-5-25-58(26-6-1)79(59-27-7-2-8-28-59)73-42-18-15-39-69(73)70-52-49-57(53-76(70)79)56-47-50-62(51-48-56)81(63-32-23-31-61(54-63)80(60-29-9-3-10-30-60)74-43-19-13-37-67(74)68-38-14-20-44-75(68)80)64-33-24-36-66(55-64)82(65-34-11-4-12-35-65)77-45-21-16-40-71(77)72-41-17-22-46-78(72)82/h1-55H. The summed E-state index contributed by atoms with van der Waals surface area (Å²) in [6, 6.07) is 126. The average molecular weight is 1060 g/mol. The number of anilines is 3. The van der Waals surface area contributed by atoms with Crippen molar-refractivity contribution in [2.45, 2.75) is 10.8 Å². The van der Waals surface area contributed by atoms with Crippen molar-refractivity contribution < 1.29 is 0 Å². The first-order valence-corrected chi connectivity index (χ1v) is 30.7. The molecule has 384 valence electrons. The molecule has 0 atom stereocenters. The zero-order valence-corrected chi connectivity index (χ0v) is 46.2. The van der Waals surface area contributed by atoms with Gasteiger partial charge in [0, 0.05) is 17.1 Å². The average Bonchev–Trinajstić information content (AvgIpc) is 2.62. The third-order valence-corrected chi connectivity index (χ3v) is 23.2. The fraction of sp³-hybridized carbons (Fsp3) is 0.0250. The van der Waals surface area contributed by atoms with Gasteiger partial charge in [-0.2, -0.15) is 0 Å². The lowest BCUT2D eigenvalue weighted by molar-refractivity contribution is 0.768. The summed E-state index contributed by atoms with van der Waals surface area (Å²) in [5.74, 6) is 0. The predicted molar refractivity (Wildman–Crippen MR) is 344 cm³/mol. The van der Waals surface area contributed by atoms with Crippen LogP contribution in [0.3, 0.4) is 0 Å². The zero-order valence-electron chi connectivity index (χ0n) is 45.2. The van der Waals surface area contributed by atoms with E-state index in [0.29, 0.717) is 0 Å². The maximum absolute atomic E-state index is 2.85. The Morgan fingerprint density at radius 3 is 1.12 bits per heavy atom. The van der Waals surface area contributed by atoms with Gasteiger partial charge in [-0.3, -0.25) is 0 Å². The molecule has 0 bridgehead atoms. The monoisotopic (exact) mass is 1060 g/mol. The van der Waals surface area contributed by atoms with Gasteiger partial charge in [-0.15, -0.1) is 0 Å². The van der Waals surface area contributed by atoms with Crippen LogP contribution in [0.25, 0.3) is 44.5 Å². The second kappa shape index (κ2) is 19.0. The molecule has 3 aliphatic rings. The molecule has 0 radical (unpaired) electrons. The Bertz CT molecular complexity index is 4250. The molecule has 2 aliphatic carbocycles. The first-order valence-electron chi connectivity index (χ1n) is 28.7. The van der Waals surface area contributed by atoms with Crippen molar-refractivity contribution in [3.05, 3.63) is 378 Å². The van der Waals surface area contributed by atoms with E-state index in [0.717, 1.165) is 22.6 Å². The summed E-state index contributed by atoms with van der Waals surface area (Å²) >= 11 is 0. The van der Waals surface area contributed by atoms with E-state index in [1.807, 2.05) is 0 Å². The lowest BCUT2D eigenvalue weighted by Crippen LogP contribution is -2.72. The van der Waals surface area contributed by atoms with E-state index in [-0.39, 0.29) is 0 Å². The lowest BCUT2D eigenvalue weighted by atomic mass is 9.67. The van der Waals surface area contributed by atoms with Gasteiger partial charge in [0.15, 0.2) is 8.07 Å². The van der Waals surface area contributed by atoms with Crippen molar-refractivity contribution in [3.8, 4) is 44.5 Å². The van der Waals surface area contributed by atoms with E-state index >= 15 is 0 Å². The van der Waals surface area contributed by atoms with E-state index in [2.05, 4.69) is 339 Å². The molecule has 1 heterocycles. The van der Waals surface area contributed by atoms with Crippen LogP contribution in [-0.2, 0) is 10.8 Å². The molecule has 0 unspecified atom stereocenters. The normalized spacial score (nSPS) is 14.1. The molecule has 13 aromatic carbocycles. The highest BCUT2D eigenvalue weighted by atomic mass is 28.3. The summed E-state index contributed by atoms with van der Waals surface area (Å²) in [6.07, 6.45) is 0. The Kier molecular flexibility index (Phi) is 11.1. The summed E-state index contributed by atoms with van der Waals surface area (Å²) in [7, 11) is -2.85. The smallest absolute Gasteiger partial charge is 0.180 e. The number of hydrogen-bond acceptors (Lipinski definition) is 1. The van der Waals surface area contributed by atoms with Gasteiger partial charge < -0.3 is 4.90 Å². The SMILES string of the molecule is c1ccc(C2(c3cccc(N(c4ccc(-c5ccc6c(c5)C(c5ccccc5)(c5ccccc5)c5ccccc5-6)cc4)c4cccc([Si]5(c6ccccc6)c6ccccc6-c6ccccc65)c4)c3)c3ccccc3-c3ccccc32)cc1. The molecule has 16 rings (SSSR count). The van der Waals surface area contributed by atoms with E-state index in [1.165, 1.54) is 104 Å². The van der Waals surface area contributed by atoms with Crippen LogP contribution in [0, 0.1) is 0 Å². The predicted octanol–water partition coefficient (Wildman–Crippen LogP) is 16.9. The van der Waals surface area contributed by atoms with Gasteiger partial charge in [0.05, 0.1) is 10.8 Å². The van der Waals surface area contributed by atoms with Gasteiger partial charge in [0.1, 0.15) is 0 Å². The molecule has 0 saturated heterocycles. The maximum atomic E-state index is 2.52. The van der Waals surface area contributed by atoms with Crippen LogP contribution in [0.15, 0.2) is 334 Å². The zero-order chi connectivity index (χ0) is 54.2. The molecule has 1 aliphatic heterocycles. The fourth-order valence-corrected chi connectivity index (χ4v) is 20.3. The summed E-state index contributed by atoms with van der Waals surface area (Å²) in [6.45, 7) is 0. The van der Waals surface area contributed by atoms with Gasteiger partial charge in [-0.1, -0.05) is 291 Å². The van der Waals surface area contributed by atoms with Crippen molar-refractivity contribution in [2.75, 3.05) is 4.90 Å². The third-order valence-electron chi connectivity index (χ3n) is 18.3. The molecule has 1 nitrogen and oxygen atoms in total. The minimum atomic E-state index is -2.85. The minimum Gasteiger partial charge on any atom is -0.310 e. The Labute approximate surface area is 481 Å². The van der Waals surface area contributed by atoms with Gasteiger partial charge >= 0.3 is 0 Å². The maximum Gasteiger partial charge on any atom is 0.180 e.